The number of anilines is 1. The van der Waals surface area contributed by atoms with Crippen molar-refractivity contribution in [2.75, 3.05) is 11.6 Å². The maximum Gasteiger partial charge on any atom is 0.283 e. The smallest absolute Gasteiger partial charge is 0.283 e. The van der Waals surface area contributed by atoms with Crippen LogP contribution in [-0.2, 0) is 16.1 Å². The zero-order chi connectivity index (χ0) is 22.7. The third kappa shape index (κ3) is 4.57. The first-order valence-electron chi connectivity index (χ1n) is 10.3. The van der Waals surface area contributed by atoms with Gasteiger partial charge in [-0.3, -0.25) is 9.59 Å². The second-order valence-corrected chi connectivity index (χ2v) is 7.80. The van der Waals surface area contributed by atoms with E-state index in [-0.39, 0.29) is 43.0 Å². The van der Waals surface area contributed by atoms with E-state index in [0.29, 0.717) is 28.7 Å². The predicted octanol–water partition coefficient (Wildman–Crippen LogP) is 4.21. The Labute approximate surface area is 189 Å². The number of hydrogen-bond acceptors (Lipinski definition) is 7. The molecule has 0 fully saturated rings. The highest BCUT2D eigenvalue weighted by Crippen LogP contribution is 2.26. The number of carbonyl (C=O) groups excluding carboxylic acids is 2. The van der Waals surface area contributed by atoms with Crippen LogP contribution in [0.3, 0.4) is 0 Å². The van der Waals surface area contributed by atoms with Crippen molar-refractivity contribution in [1.29, 1.82) is 0 Å². The van der Waals surface area contributed by atoms with Gasteiger partial charge in [0.2, 0.25) is 11.8 Å². The SMILES string of the molecule is CCCN(Cc1nnc(-c2ccco2)o1)C(=O)C1=NN(c2ccc(C)c(Cl)c2)C(=O)CC1. The number of aromatic nitrogens is 2. The predicted molar refractivity (Wildman–Crippen MR) is 118 cm³/mol. The molecule has 166 valence electrons. The molecule has 0 saturated heterocycles. The highest BCUT2D eigenvalue weighted by atomic mass is 35.5. The third-order valence-corrected chi connectivity index (χ3v) is 5.39. The molecule has 0 unspecified atom stereocenters. The summed E-state index contributed by atoms with van der Waals surface area (Å²) in [6.45, 7) is 4.44. The van der Waals surface area contributed by atoms with Gasteiger partial charge in [0.15, 0.2) is 5.76 Å². The van der Waals surface area contributed by atoms with Crippen LogP contribution in [-0.4, -0.2) is 39.2 Å². The molecular weight excluding hydrogens is 434 g/mol. The normalized spacial score (nSPS) is 13.9. The van der Waals surface area contributed by atoms with E-state index >= 15 is 0 Å². The lowest BCUT2D eigenvalue weighted by atomic mass is 10.1. The number of nitrogens with zero attached hydrogens (tertiary/aromatic N) is 5. The van der Waals surface area contributed by atoms with Crippen LogP contribution in [0.25, 0.3) is 11.7 Å². The van der Waals surface area contributed by atoms with E-state index in [1.54, 1.807) is 29.2 Å². The molecule has 3 heterocycles. The Kier molecular flexibility index (Phi) is 6.36. The van der Waals surface area contributed by atoms with Crippen molar-refractivity contribution in [1.82, 2.24) is 15.1 Å². The minimum absolute atomic E-state index is 0.129. The van der Waals surface area contributed by atoms with Crippen LogP contribution in [0.5, 0.6) is 0 Å². The van der Waals surface area contributed by atoms with Crippen LogP contribution in [0.2, 0.25) is 5.02 Å². The third-order valence-electron chi connectivity index (χ3n) is 4.99. The van der Waals surface area contributed by atoms with Gasteiger partial charge >= 0.3 is 0 Å². The van der Waals surface area contributed by atoms with Crippen molar-refractivity contribution < 1.29 is 18.4 Å². The summed E-state index contributed by atoms with van der Waals surface area (Å²) in [6, 6.07) is 8.68. The number of hydrogen-bond donors (Lipinski definition) is 0. The van der Waals surface area contributed by atoms with Gasteiger partial charge in [-0.25, -0.2) is 5.01 Å². The second-order valence-electron chi connectivity index (χ2n) is 7.39. The molecule has 2 aromatic heterocycles. The summed E-state index contributed by atoms with van der Waals surface area (Å²) < 4.78 is 10.9. The highest BCUT2D eigenvalue weighted by molar-refractivity contribution is 6.40. The van der Waals surface area contributed by atoms with E-state index in [1.165, 1.54) is 11.3 Å². The molecule has 2 amide bonds. The molecule has 0 radical (unpaired) electrons. The standard InChI is InChI=1S/C22H22ClN5O4/c1-3-10-27(13-19-24-25-21(32-19)18-5-4-11-31-18)22(30)17-8-9-20(29)28(26-17)15-7-6-14(2)16(23)12-15/h4-7,11-12H,3,8-10,13H2,1-2H3. The molecule has 4 rings (SSSR count). The highest BCUT2D eigenvalue weighted by Gasteiger charge is 2.29. The molecule has 1 aromatic carbocycles. The van der Waals surface area contributed by atoms with Gasteiger partial charge in [-0.2, -0.15) is 5.10 Å². The van der Waals surface area contributed by atoms with Crippen molar-refractivity contribution in [3.05, 3.63) is 53.1 Å². The lowest BCUT2D eigenvalue weighted by molar-refractivity contribution is -0.125. The Morgan fingerprint density at radius 1 is 1.25 bits per heavy atom. The molecule has 0 aliphatic carbocycles. The summed E-state index contributed by atoms with van der Waals surface area (Å²) in [4.78, 5) is 27.3. The Balaban J connectivity index is 1.55. The van der Waals surface area contributed by atoms with Gasteiger partial charge in [-0.1, -0.05) is 24.6 Å². The molecule has 0 atom stereocenters. The van der Waals surface area contributed by atoms with Crippen molar-refractivity contribution >= 4 is 34.8 Å². The average Bonchev–Trinajstić information content (AvgIpc) is 3.47. The number of carbonyl (C=O) groups is 2. The summed E-state index contributed by atoms with van der Waals surface area (Å²) in [5.74, 6) is 0.522. The Morgan fingerprint density at radius 3 is 2.81 bits per heavy atom. The molecule has 0 saturated carbocycles. The number of furan rings is 1. The lowest BCUT2D eigenvalue weighted by Crippen LogP contribution is -2.41. The summed E-state index contributed by atoms with van der Waals surface area (Å²) in [5.41, 5.74) is 1.71. The maximum absolute atomic E-state index is 13.3. The van der Waals surface area contributed by atoms with Gasteiger partial charge < -0.3 is 13.7 Å². The fourth-order valence-corrected chi connectivity index (χ4v) is 3.48. The van der Waals surface area contributed by atoms with E-state index in [0.717, 1.165) is 12.0 Å². The van der Waals surface area contributed by atoms with Gasteiger partial charge in [-0.05, 0) is 43.2 Å². The summed E-state index contributed by atoms with van der Waals surface area (Å²) in [5, 5.41) is 14.1. The first-order chi connectivity index (χ1) is 15.5. The lowest BCUT2D eigenvalue weighted by Gasteiger charge is -2.26. The molecule has 10 heteroatoms. The quantitative estimate of drug-likeness (QED) is 0.528. The maximum atomic E-state index is 13.3. The minimum Gasteiger partial charge on any atom is -0.459 e. The zero-order valence-corrected chi connectivity index (χ0v) is 18.5. The zero-order valence-electron chi connectivity index (χ0n) is 17.7. The Hall–Kier alpha value is -3.46. The summed E-state index contributed by atoms with van der Waals surface area (Å²) >= 11 is 6.21. The fourth-order valence-electron chi connectivity index (χ4n) is 3.31. The van der Waals surface area contributed by atoms with Gasteiger partial charge in [0.1, 0.15) is 5.71 Å². The monoisotopic (exact) mass is 455 g/mol. The van der Waals surface area contributed by atoms with Gasteiger partial charge in [0.05, 0.1) is 18.5 Å². The molecule has 0 N–H and O–H groups in total. The summed E-state index contributed by atoms with van der Waals surface area (Å²) in [6.07, 6.45) is 2.69. The molecule has 32 heavy (non-hydrogen) atoms. The van der Waals surface area contributed by atoms with Crippen LogP contribution < -0.4 is 5.01 Å². The number of amides is 2. The summed E-state index contributed by atoms with van der Waals surface area (Å²) in [7, 11) is 0. The van der Waals surface area contributed by atoms with Crippen molar-refractivity contribution in [2.24, 2.45) is 5.10 Å². The Morgan fingerprint density at radius 2 is 2.09 bits per heavy atom. The van der Waals surface area contributed by atoms with Crippen LogP contribution in [0.4, 0.5) is 5.69 Å². The number of rotatable bonds is 7. The molecule has 0 bridgehead atoms. The van der Waals surface area contributed by atoms with E-state index in [4.69, 9.17) is 20.4 Å². The molecule has 0 spiro atoms. The molecule has 3 aromatic rings. The molecule has 1 aliphatic heterocycles. The Bertz CT molecular complexity index is 1160. The van der Waals surface area contributed by atoms with Gasteiger partial charge in [0.25, 0.3) is 11.8 Å². The van der Waals surface area contributed by atoms with Crippen LogP contribution in [0.15, 0.2) is 50.5 Å². The van der Waals surface area contributed by atoms with E-state index in [1.807, 2.05) is 19.9 Å². The van der Waals surface area contributed by atoms with E-state index < -0.39 is 0 Å². The van der Waals surface area contributed by atoms with E-state index in [9.17, 15) is 9.59 Å². The number of halogens is 1. The average molecular weight is 456 g/mol. The van der Waals surface area contributed by atoms with Crippen molar-refractivity contribution in [3.8, 4) is 11.7 Å². The number of benzene rings is 1. The van der Waals surface area contributed by atoms with Gasteiger partial charge in [-0.15, -0.1) is 10.2 Å². The first kappa shape index (κ1) is 21.8. The van der Waals surface area contributed by atoms with Crippen molar-refractivity contribution in [3.63, 3.8) is 0 Å². The van der Waals surface area contributed by atoms with E-state index in [2.05, 4.69) is 15.3 Å². The first-order valence-corrected chi connectivity index (χ1v) is 10.7. The number of hydrazone groups is 1. The fraction of sp³-hybridized carbons (Fsp3) is 0.318. The molecule has 9 nitrogen and oxygen atoms in total. The molecular formula is C22H22ClN5O4. The van der Waals surface area contributed by atoms with Crippen LogP contribution >= 0.6 is 11.6 Å². The van der Waals surface area contributed by atoms with Crippen LogP contribution in [0.1, 0.15) is 37.6 Å². The van der Waals surface area contributed by atoms with Crippen molar-refractivity contribution in [2.45, 2.75) is 39.7 Å². The number of aryl methyl sites for hydroxylation is 1. The van der Waals surface area contributed by atoms with Crippen LogP contribution in [0, 0.1) is 6.92 Å². The minimum atomic E-state index is -0.277. The van der Waals surface area contributed by atoms with Gasteiger partial charge in [0, 0.05) is 24.4 Å². The topological polar surface area (TPSA) is 105 Å². The molecule has 1 aliphatic rings. The second kappa shape index (κ2) is 9.35. The largest absolute Gasteiger partial charge is 0.459 e.